The first kappa shape index (κ1) is 22.0. The van der Waals surface area contributed by atoms with Gasteiger partial charge in [0.05, 0.1) is 0 Å². The van der Waals surface area contributed by atoms with Crippen LogP contribution in [0.4, 0.5) is 5.69 Å². The summed E-state index contributed by atoms with van der Waals surface area (Å²) in [5, 5.41) is 0.818. The van der Waals surface area contributed by atoms with Crippen LogP contribution in [0.15, 0.2) is 54.6 Å². The third-order valence-corrected chi connectivity index (χ3v) is 8.38. The number of benzene rings is 2. The topological polar surface area (TPSA) is 23.6 Å². The van der Waals surface area contributed by atoms with Crippen molar-refractivity contribution in [3.05, 3.63) is 65.2 Å². The van der Waals surface area contributed by atoms with E-state index >= 15 is 0 Å². The first-order valence-corrected chi connectivity index (χ1v) is 12.9. The molecule has 2 saturated carbocycles. The van der Waals surface area contributed by atoms with E-state index in [1.54, 1.807) is 0 Å². The van der Waals surface area contributed by atoms with Crippen molar-refractivity contribution in [2.24, 2.45) is 11.8 Å². The van der Waals surface area contributed by atoms with E-state index < -0.39 is 0 Å². The van der Waals surface area contributed by atoms with Crippen molar-refractivity contribution in [1.29, 1.82) is 0 Å². The van der Waals surface area contributed by atoms with Crippen molar-refractivity contribution in [3.8, 4) is 0 Å². The predicted octanol–water partition coefficient (Wildman–Crippen LogP) is 6.31. The Morgan fingerprint density at radius 3 is 2.34 bits per heavy atom. The molecule has 2 aromatic carbocycles. The highest BCUT2D eigenvalue weighted by atomic mass is 35.5. The number of nitrogens with zero attached hydrogens (tertiary/aromatic N) is 2. The lowest BCUT2D eigenvalue weighted by Crippen LogP contribution is -2.51. The number of hydrogen-bond donors (Lipinski definition) is 0. The normalized spacial score (nSPS) is 23.2. The summed E-state index contributed by atoms with van der Waals surface area (Å²) in [6, 6.07) is 18.9. The van der Waals surface area contributed by atoms with Gasteiger partial charge in [-0.3, -0.25) is 4.79 Å². The van der Waals surface area contributed by atoms with Crippen LogP contribution in [0, 0.1) is 11.8 Å². The van der Waals surface area contributed by atoms with Gasteiger partial charge in [0.25, 0.3) is 0 Å². The van der Waals surface area contributed by atoms with E-state index in [4.69, 9.17) is 11.6 Å². The molecule has 1 aliphatic heterocycles. The van der Waals surface area contributed by atoms with Crippen LogP contribution in [-0.4, -0.2) is 37.0 Å². The van der Waals surface area contributed by atoms with Gasteiger partial charge in [0.15, 0.2) is 0 Å². The molecule has 2 aliphatic carbocycles. The summed E-state index contributed by atoms with van der Waals surface area (Å²) < 4.78 is 0. The molecule has 0 radical (unpaired) electrons. The zero-order valence-corrected chi connectivity index (χ0v) is 19.8. The van der Waals surface area contributed by atoms with E-state index in [0.717, 1.165) is 43.2 Å². The summed E-state index contributed by atoms with van der Waals surface area (Å²) in [4.78, 5) is 18.1. The number of hydrogen-bond acceptors (Lipinski definition) is 2. The Hall–Kier alpha value is -1.84. The van der Waals surface area contributed by atoms with E-state index in [9.17, 15) is 4.79 Å². The van der Waals surface area contributed by atoms with E-state index in [2.05, 4.69) is 46.2 Å². The van der Waals surface area contributed by atoms with Crippen molar-refractivity contribution < 1.29 is 4.79 Å². The summed E-state index contributed by atoms with van der Waals surface area (Å²) in [6.07, 6.45) is 9.61. The maximum absolute atomic E-state index is 13.3. The van der Waals surface area contributed by atoms with E-state index in [0.29, 0.717) is 11.8 Å². The molecule has 5 rings (SSSR count). The summed E-state index contributed by atoms with van der Waals surface area (Å²) in [6.45, 7) is 4.25. The van der Waals surface area contributed by atoms with Crippen LogP contribution in [0.2, 0.25) is 5.02 Å². The van der Waals surface area contributed by atoms with Gasteiger partial charge in [-0.2, -0.15) is 0 Å². The molecule has 170 valence electrons. The Kier molecular flexibility index (Phi) is 6.57. The Balaban J connectivity index is 1.27. The van der Waals surface area contributed by atoms with Gasteiger partial charge in [-0.1, -0.05) is 54.8 Å². The largest absolute Gasteiger partial charge is 0.312 e. The van der Waals surface area contributed by atoms with Gasteiger partial charge in [0.2, 0.25) is 5.91 Å². The average Bonchev–Trinajstić information content (AvgIpc) is 2.75. The van der Waals surface area contributed by atoms with Gasteiger partial charge >= 0.3 is 0 Å². The molecule has 1 amide bonds. The van der Waals surface area contributed by atoms with Crippen molar-refractivity contribution >= 4 is 23.2 Å². The van der Waals surface area contributed by atoms with Gasteiger partial charge in [-0.25, -0.2) is 0 Å². The first-order chi connectivity index (χ1) is 15.6. The zero-order chi connectivity index (χ0) is 22.0. The number of anilines is 1. The SMILES string of the molecule is O=C(C1CCC1)N(CC1CCCN(CC2(c3ccc(Cl)cc3)CCC2)C1)c1ccccc1. The standard InChI is InChI=1S/C28H35ClN2O/c29-25-14-12-24(13-15-25)28(16-6-17-28)21-30-18-5-7-22(19-30)20-31(26-10-2-1-3-11-26)27(32)23-8-4-9-23/h1-3,10-15,22-23H,4-9,16-21H2. The monoisotopic (exact) mass is 450 g/mol. The van der Waals surface area contributed by atoms with Gasteiger partial charge in [-0.05, 0) is 80.8 Å². The number of halogens is 1. The quantitative estimate of drug-likeness (QED) is 0.493. The fraction of sp³-hybridized carbons (Fsp3) is 0.536. The number of amides is 1. The van der Waals surface area contributed by atoms with Crippen molar-refractivity contribution in [2.45, 2.75) is 56.8 Å². The van der Waals surface area contributed by atoms with Gasteiger partial charge < -0.3 is 9.80 Å². The molecule has 0 bridgehead atoms. The highest BCUT2D eigenvalue weighted by molar-refractivity contribution is 6.30. The van der Waals surface area contributed by atoms with Crippen molar-refractivity contribution in [3.63, 3.8) is 0 Å². The van der Waals surface area contributed by atoms with Crippen LogP contribution in [-0.2, 0) is 10.2 Å². The van der Waals surface area contributed by atoms with Crippen LogP contribution in [0.5, 0.6) is 0 Å². The van der Waals surface area contributed by atoms with Crippen molar-refractivity contribution in [2.75, 3.05) is 31.1 Å². The highest BCUT2D eigenvalue weighted by Crippen LogP contribution is 2.45. The fourth-order valence-corrected chi connectivity index (χ4v) is 6.01. The predicted molar refractivity (Wildman–Crippen MR) is 132 cm³/mol. The Bertz CT molecular complexity index is 905. The second-order valence-electron chi connectivity index (χ2n) is 10.3. The summed E-state index contributed by atoms with van der Waals surface area (Å²) in [5.74, 6) is 1.12. The number of para-hydroxylation sites is 1. The smallest absolute Gasteiger partial charge is 0.230 e. The summed E-state index contributed by atoms with van der Waals surface area (Å²) in [5.41, 5.74) is 2.80. The molecule has 0 N–H and O–H groups in total. The minimum Gasteiger partial charge on any atom is -0.312 e. The van der Waals surface area contributed by atoms with Crippen LogP contribution in [0.3, 0.4) is 0 Å². The Labute approximate surface area is 197 Å². The molecule has 4 heteroatoms. The molecule has 1 heterocycles. The number of carbonyl (C=O) groups excluding carboxylic acids is 1. The van der Waals surface area contributed by atoms with Crippen molar-refractivity contribution in [1.82, 2.24) is 4.90 Å². The first-order valence-electron chi connectivity index (χ1n) is 12.5. The highest BCUT2D eigenvalue weighted by Gasteiger charge is 2.41. The van der Waals surface area contributed by atoms with Gasteiger partial charge in [0.1, 0.15) is 0 Å². The zero-order valence-electron chi connectivity index (χ0n) is 19.0. The van der Waals surface area contributed by atoms with Gasteiger partial charge in [0, 0.05) is 41.7 Å². The maximum Gasteiger partial charge on any atom is 0.230 e. The molecule has 32 heavy (non-hydrogen) atoms. The minimum absolute atomic E-state index is 0.234. The van der Waals surface area contributed by atoms with Crippen LogP contribution >= 0.6 is 11.6 Å². The lowest BCUT2D eigenvalue weighted by molar-refractivity contribution is -0.124. The molecule has 0 aromatic heterocycles. The van der Waals surface area contributed by atoms with Crippen LogP contribution < -0.4 is 4.90 Å². The minimum atomic E-state index is 0.234. The number of rotatable bonds is 7. The van der Waals surface area contributed by atoms with Crippen LogP contribution in [0.25, 0.3) is 0 Å². The molecule has 1 atom stereocenters. The summed E-state index contributed by atoms with van der Waals surface area (Å²) >= 11 is 6.15. The lowest BCUT2D eigenvalue weighted by Gasteiger charge is -2.48. The Morgan fingerprint density at radius 1 is 0.969 bits per heavy atom. The number of piperidine rings is 1. The van der Waals surface area contributed by atoms with Crippen LogP contribution in [0.1, 0.15) is 56.9 Å². The molecule has 1 saturated heterocycles. The molecular formula is C28H35ClN2O. The average molecular weight is 451 g/mol. The second-order valence-corrected chi connectivity index (χ2v) is 10.7. The number of likely N-dealkylation sites (tertiary alicyclic amines) is 1. The maximum atomic E-state index is 13.3. The van der Waals surface area contributed by atoms with Gasteiger partial charge in [-0.15, -0.1) is 0 Å². The Morgan fingerprint density at radius 2 is 1.72 bits per heavy atom. The molecule has 2 aromatic rings. The summed E-state index contributed by atoms with van der Waals surface area (Å²) in [7, 11) is 0. The third kappa shape index (κ3) is 4.61. The molecule has 3 fully saturated rings. The molecule has 0 spiro atoms. The second kappa shape index (κ2) is 9.57. The number of carbonyl (C=O) groups is 1. The van der Waals surface area contributed by atoms with E-state index in [-0.39, 0.29) is 11.3 Å². The van der Waals surface area contributed by atoms with E-state index in [1.165, 1.54) is 50.6 Å². The molecular weight excluding hydrogens is 416 g/mol. The van der Waals surface area contributed by atoms with E-state index in [1.807, 2.05) is 18.2 Å². The lowest BCUT2D eigenvalue weighted by atomic mass is 9.64. The molecule has 3 aliphatic rings. The third-order valence-electron chi connectivity index (χ3n) is 8.13. The fourth-order valence-electron chi connectivity index (χ4n) is 5.88. The molecule has 3 nitrogen and oxygen atoms in total. The molecule has 1 unspecified atom stereocenters.